The van der Waals surface area contributed by atoms with Crippen molar-refractivity contribution in [2.45, 2.75) is 58.3 Å². The van der Waals surface area contributed by atoms with E-state index in [0.717, 1.165) is 30.0 Å². The van der Waals surface area contributed by atoms with Crippen LogP contribution in [0.3, 0.4) is 0 Å². The molecule has 0 saturated carbocycles. The Balaban J connectivity index is 1.39. The monoisotopic (exact) mass is 491 g/mol. The first-order valence-corrected chi connectivity index (χ1v) is 12.9. The van der Waals surface area contributed by atoms with Crippen LogP contribution >= 0.6 is 11.6 Å². The lowest BCUT2D eigenvalue weighted by Crippen LogP contribution is -2.07. The number of hydrogen-bond donors (Lipinski definition) is 0. The molecule has 0 aliphatic carbocycles. The van der Waals surface area contributed by atoms with Gasteiger partial charge in [-0.1, -0.05) is 69.5 Å². The van der Waals surface area contributed by atoms with Crippen molar-refractivity contribution in [3.05, 3.63) is 88.9 Å². The smallest absolute Gasteiger partial charge is 0.343 e. The first-order valence-electron chi connectivity index (χ1n) is 12.5. The standard InChI is InChI=1S/C30H34ClNO3/c1-2-3-4-5-6-7-8-9-21-34-28-19-13-24(14-20-28)23-32-27-17-15-25(16-18-27)30(33)35-29-12-10-11-26(31)22-29/h10-20,22-23H,2-9,21H2,1H3. The van der Waals surface area contributed by atoms with Gasteiger partial charge >= 0.3 is 5.97 Å². The zero-order chi connectivity index (χ0) is 24.7. The first-order chi connectivity index (χ1) is 17.1. The van der Waals surface area contributed by atoms with Gasteiger partial charge in [-0.3, -0.25) is 4.99 Å². The molecule has 0 radical (unpaired) electrons. The number of halogens is 1. The lowest BCUT2D eigenvalue weighted by molar-refractivity contribution is 0.0735. The molecule has 3 aromatic rings. The first kappa shape index (κ1) is 26.5. The summed E-state index contributed by atoms with van der Waals surface area (Å²) < 4.78 is 11.2. The number of benzene rings is 3. The van der Waals surface area contributed by atoms with Gasteiger partial charge in [0.15, 0.2) is 0 Å². The SMILES string of the molecule is CCCCCCCCCCOc1ccc(C=Nc2ccc(C(=O)Oc3cccc(Cl)c3)cc2)cc1. The van der Waals surface area contributed by atoms with Gasteiger partial charge in [0, 0.05) is 11.2 Å². The second-order valence-corrected chi connectivity index (χ2v) is 8.98. The van der Waals surface area contributed by atoms with E-state index in [0.29, 0.717) is 16.3 Å². The van der Waals surface area contributed by atoms with E-state index in [2.05, 4.69) is 11.9 Å². The largest absolute Gasteiger partial charge is 0.494 e. The van der Waals surface area contributed by atoms with Crippen LogP contribution in [0, 0.1) is 0 Å². The average molecular weight is 492 g/mol. The summed E-state index contributed by atoms with van der Waals surface area (Å²) in [5.41, 5.74) is 2.18. The summed E-state index contributed by atoms with van der Waals surface area (Å²) in [7, 11) is 0. The average Bonchev–Trinajstić information content (AvgIpc) is 2.87. The van der Waals surface area contributed by atoms with Crippen molar-refractivity contribution in [3.63, 3.8) is 0 Å². The Morgan fingerprint density at radius 1 is 0.829 bits per heavy atom. The molecule has 0 spiro atoms. The maximum atomic E-state index is 12.3. The summed E-state index contributed by atoms with van der Waals surface area (Å²) in [5, 5.41) is 0.517. The number of carbonyl (C=O) groups is 1. The van der Waals surface area contributed by atoms with Crippen molar-refractivity contribution in [3.8, 4) is 11.5 Å². The molecule has 0 fully saturated rings. The second kappa shape index (κ2) is 15.0. The summed E-state index contributed by atoms with van der Waals surface area (Å²) in [4.78, 5) is 16.8. The minimum Gasteiger partial charge on any atom is -0.494 e. The summed E-state index contributed by atoms with van der Waals surface area (Å²) in [6.45, 7) is 3.01. The number of esters is 1. The van der Waals surface area contributed by atoms with Crippen molar-refractivity contribution in [1.29, 1.82) is 0 Å². The molecule has 184 valence electrons. The molecule has 0 atom stereocenters. The maximum Gasteiger partial charge on any atom is 0.343 e. The van der Waals surface area contributed by atoms with E-state index in [1.54, 1.807) is 54.7 Å². The van der Waals surface area contributed by atoms with E-state index >= 15 is 0 Å². The number of carbonyl (C=O) groups excluding carboxylic acids is 1. The van der Waals surface area contributed by atoms with Crippen molar-refractivity contribution in [2.24, 2.45) is 4.99 Å². The molecule has 35 heavy (non-hydrogen) atoms. The van der Waals surface area contributed by atoms with Crippen LogP contribution in [0.25, 0.3) is 0 Å². The molecule has 0 unspecified atom stereocenters. The minimum atomic E-state index is -0.439. The molecular weight excluding hydrogens is 458 g/mol. The van der Waals surface area contributed by atoms with Crippen molar-refractivity contribution >= 4 is 29.5 Å². The fourth-order valence-corrected chi connectivity index (χ4v) is 3.79. The van der Waals surface area contributed by atoms with Gasteiger partial charge in [-0.15, -0.1) is 0 Å². The van der Waals surface area contributed by atoms with Crippen LogP contribution in [0.5, 0.6) is 11.5 Å². The minimum absolute atomic E-state index is 0.412. The van der Waals surface area contributed by atoms with Gasteiger partial charge < -0.3 is 9.47 Å². The van der Waals surface area contributed by atoms with E-state index < -0.39 is 5.97 Å². The van der Waals surface area contributed by atoms with E-state index in [-0.39, 0.29) is 0 Å². The molecule has 3 rings (SSSR count). The molecule has 0 aliphatic heterocycles. The van der Waals surface area contributed by atoms with E-state index in [1.165, 1.54) is 44.9 Å². The molecule has 0 amide bonds. The summed E-state index contributed by atoms with van der Waals surface area (Å²) in [6.07, 6.45) is 12.1. The summed E-state index contributed by atoms with van der Waals surface area (Å²) >= 11 is 5.93. The van der Waals surface area contributed by atoms with Crippen molar-refractivity contribution in [1.82, 2.24) is 0 Å². The lowest BCUT2D eigenvalue weighted by atomic mass is 10.1. The van der Waals surface area contributed by atoms with Gasteiger partial charge in [-0.25, -0.2) is 4.79 Å². The number of nitrogens with zero attached hydrogens (tertiary/aromatic N) is 1. The Labute approximate surface area is 214 Å². The van der Waals surface area contributed by atoms with E-state index in [9.17, 15) is 4.79 Å². The molecule has 0 heterocycles. The van der Waals surface area contributed by atoms with E-state index in [1.807, 2.05) is 24.3 Å². The maximum absolute atomic E-state index is 12.3. The quantitative estimate of drug-likeness (QED) is 0.0978. The van der Waals surface area contributed by atoms with Gasteiger partial charge in [0.05, 0.1) is 17.9 Å². The molecule has 0 bridgehead atoms. The van der Waals surface area contributed by atoms with Crippen LogP contribution in [-0.2, 0) is 0 Å². The Bertz CT molecular complexity index is 1060. The Kier molecular flexibility index (Phi) is 11.4. The highest BCUT2D eigenvalue weighted by molar-refractivity contribution is 6.30. The molecule has 0 N–H and O–H groups in total. The highest BCUT2D eigenvalue weighted by atomic mass is 35.5. The zero-order valence-corrected chi connectivity index (χ0v) is 21.2. The van der Waals surface area contributed by atoms with Crippen LogP contribution < -0.4 is 9.47 Å². The summed E-state index contributed by atoms with van der Waals surface area (Å²) in [6, 6.07) is 21.6. The number of hydrogen-bond acceptors (Lipinski definition) is 4. The normalized spacial score (nSPS) is 11.0. The van der Waals surface area contributed by atoms with Gasteiger partial charge in [0.1, 0.15) is 11.5 Å². The van der Waals surface area contributed by atoms with Crippen molar-refractivity contribution in [2.75, 3.05) is 6.61 Å². The number of ether oxygens (including phenoxy) is 2. The predicted octanol–water partition coefficient (Wildman–Crippen LogP) is 8.83. The second-order valence-electron chi connectivity index (χ2n) is 8.54. The molecule has 0 saturated heterocycles. The van der Waals surface area contributed by atoms with Gasteiger partial charge in [0.25, 0.3) is 0 Å². The molecule has 3 aromatic carbocycles. The van der Waals surface area contributed by atoms with Crippen LogP contribution in [-0.4, -0.2) is 18.8 Å². The fraction of sp³-hybridized carbons (Fsp3) is 0.333. The molecule has 5 heteroatoms. The van der Waals surface area contributed by atoms with Gasteiger partial charge in [-0.05, 0) is 78.7 Å². The number of rotatable bonds is 14. The third kappa shape index (κ3) is 9.96. The third-order valence-corrected chi connectivity index (χ3v) is 5.85. The fourth-order valence-electron chi connectivity index (χ4n) is 3.61. The third-order valence-electron chi connectivity index (χ3n) is 5.62. The predicted molar refractivity (Wildman–Crippen MR) is 145 cm³/mol. The van der Waals surface area contributed by atoms with E-state index in [4.69, 9.17) is 21.1 Å². The Morgan fingerprint density at radius 3 is 2.20 bits per heavy atom. The van der Waals surface area contributed by atoms with Crippen molar-refractivity contribution < 1.29 is 14.3 Å². The molecule has 4 nitrogen and oxygen atoms in total. The Morgan fingerprint density at radius 2 is 1.51 bits per heavy atom. The highest BCUT2D eigenvalue weighted by Crippen LogP contribution is 2.20. The lowest BCUT2D eigenvalue weighted by Gasteiger charge is -2.06. The molecular formula is C30H34ClNO3. The molecule has 0 aliphatic rings. The molecule has 0 aromatic heterocycles. The van der Waals surface area contributed by atoms with Crippen LogP contribution in [0.2, 0.25) is 5.02 Å². The summed E-state index contributed by atoms with van der Waals surface area (Å²) in [5.74, 6) is 0.854. The highest BCUT2D eigenvalue weighted by Gasteiger charge is 2.08. The number of aliphatic imine (C=N–C) groups is 1. The topological polar surface area (TPSA) is 47.9 Å². The van der Waals surface area contributed by atoms with Crippen LogP contribution in [0.4, 0.5) is 5.69 Å². The van der Waals surface area contributed by atoms with Gasteiger partial charge in [-0.2, -0.15) is 0 Å². The van der Waals surface area contributed by atoms with Gasteiger partial charge in [0.2, 0.25) is 0 Å². The Hall–Kier alpha value is -3.11. The number of unbranched alkanes of at least 4 members (excludes halogenated alkanes) is 7. The van der Waals surface area contributed by atoms with Crippen LogP contribution in [0.1, 0.15) is 74.2 Å². The van der Waals surface area contributed by atoms with Crippen LogP contribution in [0.15, 0.2) is 77.8 Å². The zero-order valence-electron chi connectivity index (χ0n) is 20.4.